The molecule has 1 N–H and O–H groups in total. The van der Waals surface area contributed by atoms with Crippen LogP contribution in [0.5, 0.6) is 6.01 Å². The molecule has 7 nitrogen and oxygen atoms in total. The third-order valence-electron chi connectivity index (χ3n) is 2.54. The molecule has 1 aromatic rings. The quantitative estimate of drug-likeness (QED) is 0.820. The van der Waals surface area contributed by atoms with Gasteiger partial charge in [0.2, 0.25) is 11.2 Å². The minimum atomic E-state index is -0.939. The molecule has 0 aliphatic heterocycles. The summed E-state index contributed by atoms with van der Waals surface area (Å²) in [4.78, 5) is 24.1. The van der Waals surface area contributed by atoms with Gasteiger partial charge in [-0.1, -0.05) is 0 Å². The van der Waals surface area contributed by atoms with Gasteiger partial charge in [0, 0.05) is 6.54 Å². The standard InChI is InChI=1S/C10H13ClN4O3/c1-18-10-13-8(11)12-9(14-10)15(5-7(16)17)4-6-2-3-6/h6H,2-5H2,1H3,(H,16,17). The number of methoxy groups -OCH3 is 1. The number of carboxylic acids is 1. The number of aliphatic carboxylic acids is 1. The molecule has 0 saturated heterocycles. The Labute approximate surface area is 109 Å². The van der Waals surface area contributed by atoms with E-state index in [4.69, 9.17) is 21.4 Å². The zero-order chi connectivity index (χ0) is 13.1. The Balaban J connectivity index is 2.21. The van der Waals surface area contributed by atoms with Gasteiger partial charge < -0.3 is 14.7 Å². The molecule has 1 aliphatic carbocycles. The van der Waals surface area contributed by atoms with Gasteiger partial charge in [-0.3, -0.25) is 4.79 Å². The maximum atomic E-state index is 10.8. The van der Waals surface area contributed by atoms with Crippen LogP contribution in [0.2, 0.25) is 5.28 Å². The van der Waals surface area contributed by atoms with Crippen LogP contribution >= 0.6 is 11.6 Å². The summed E-state index contributed by atoms with van der Waals surface area (Å²) >= 11 is 5.75. The van der Waals surface area contributed by atoms with Crippen molar-refractivity contribution in [3.63, 3.8) is 0 Å². The summed E-state index contributed by atoms with van der Waals surface area (Å²) in [6.07, 6.45) is 2.21. The van der Waals surface area contributed by atoms with E-state index in [1.807, 2.05) is 0 Å². The van der Waals surface area contributed by atoms with Crippen LogP contribution in [0.4, 0.5) is 5.95 Å². The summed E-state index contributed by atoms with van der Waals surface area (Å²) in [6.45, 7) is 0.440. The summed E-state index contributed by atoms with van der Waals surface area (Å²) in [7, 11) is 1.41. The zero-order valence-electron chi connectivity index (χ0n) is 9.84. The first-order valence-electron chi connectivity index (χ1n) is 5.51. The molecule has 0 atom stereocenters. The first-order valence-corrected chi connectivity index (χ1v) is 5.88. The number of aromatic nitrogens is 3. The molecule has 1 fully saturated rings. The van der Waals surface area contributed by atoms with Gasteiger partial charge in [0.25, 0.3) is 0 Å². The second-order valence-electron chi connectivity index (χ2n) is 4.11. The second-order valence-corrected chi connectivity index (χ2v) is 4.45. The van der Waals surface area contributed by atoms with Crippen LogP contribution in [0.1, 0.15) is 12.8 Å². The van der Waals surface area contributed by atoms with E-state index in [9.17, 15) is 4.79 Å². The van der Waals surface area contributed by atoms with Crippen molar-refractivity contribution < 1.29 is 14.6 Å². The van der Waals surface area contributed by atoms with Crippen LogP contribution in [0.25, 0.3) is 0 Å². The first-order chi connectivity index (χ1) is 8.58. The Hall–Kier alpha value is -1.63. The Bertz CT molecular complexity index is 453. The van der Waals surface area contributed by atoms with Crippen LogP contribution in [0.3, 0.4) is 0 Å². The molecular weight excluding hydrogens is 260 g/mol. The topological polar surface area (TPSA) is 88.4 Å². The van der Waals surface area contributed by atoms with Gasteiger partial charge in [0.15, 0.2) is 0 Å². The molecule has 2 rings (SSSR count). The Morgan fingerprint density at radius 1 is 1.50 bits per heavy atom. The highest BCUT2D eigenvalue weighted by molar-refractivity contribution is 6.28. The van der Waals surface area contributed by atoms with Gasteiger partial charge in [0.05, 0.1) is 7.11 Å². The summed E-state index contributed by atoms with van der Waals surface area (Å²) < 4.78 is 4.89. The molecular formula is C10H13ClN4O3. The first kappa shape index (κ1) is 12.8. The predicted octanol–water partition coefficient (Wildman–Crippen LogP) is 0.835. The van der Waals surface area contributed by atoms with Crippen molar-refractivity contribution in [3.8, 4) is 6.01 Å². The molecule has 0 radical (unpaired) electrons. The third kappa shape index (κ3) is 3.43. The minimum Gasteiger partial charge on any atom is -0.480 e. The van der Waals surface area contributed by atoms with Crippen molar-refractivity contribution in [1.29, 1.82) is 0 Å². The van der Waals surface area contributed by atoms with Crippen molar-refractivity contribution in [2.45, 2.75) is 12.8 Å². The van der Waals surface area contributed by atoms with E-state index in [1.54, 1.807) is 4.90 Å². The number of carbonyl (C=O) groups is 1. The van der Waals surface area contributed by atoms with Crippen LogP contribution in [0, 0.1) is 5.92 Å². The number of hydrogen-bond donors (Lipinski definition) is 1. The van der Waals surface area contributed by atoms with E-state index in [0.717, 1.165) is 12.8 Å². The largest absolute Gasteiger partial charge is 0.480 e. The maximum Gasteiger partial charge on any atom is 0.323 e. The molecule has 0 amide bonds. The molecule has 0 aromatic carbocycles. The number of ether oxygens (including phenoxy) is 1. The van der Waals surface area contributed by atoms with Gasteiger partial charge in [-0.15, -0.1) is 0 Å². The second kappa shape index (κ2) is 5.34. The van der Waals surface area contributed by atoms with Crippen molar-refractivity contribution in [2.75, 3.05) is 25.1 Å². The van der Waals surface area contributed by atoms with Crippen LogP contribution < -0.4 is 9.64 Å². The molecule has 18 heavy (non-hydrogen) atoms. The van der Waals surface area contributed by atoms with Gasteiger partial charge in [0.1, 0.15) is 6.54 Å². The van der Waals surface area contributed by atoms with Gasteiger partial charge in [-0.2, -0.15) is 15.0 Å². The normalized spacial score (nSPS) is 14.3. The lowest BCUT2D eigenvalue weighted by Crippen LogP contribution is -2.33. The zero-order valence-corrected chi connectivity index (χ0v) is 10.6. The fraction of sp³-hybridized carbons (Fsp3) is 0.600. The predicted molar refractivity (Wildman–Crippen MR) is 64.0 cm³/mol. The van der Waals surface area contributed by atoms with Crippen LogP contribution in [-0.4, -0.2) is 46.2 Å². The molecule has 1 heterocycles. The average molecular weight is 273 g/mol. The number of halogens is 1. The lowest BCUT2D eigenvalue weighted by molar-refractivity contribution is -0.135. The maximum absolute atomic E-state index is 10.8. The highest BCUT2D eigenvalue weighted by Crippen LogP contribution is 2.30. The number of anilines is 1. The molecule has 0 bridgehead atoms. The molecule has 98 valence electrons. The molecule has 1 aliphatic rings. The van der Waals surface area contributed by atoms with Gasteiger partial charge in [-0.05, 0) is 30.4 Å². The van der Waals surface area contributed by atoms with Crippen molar-refractivity contribution in [2.24, 2.45) is 5.92 Å². The Morgan fingerprint density at radius 3 is 2.78 bits per heavy atom. The molecule has 1 aromatic heterocycles. The fourth-order valence-corrected chi connectivity index (χ4v) is 1.69. The van der Waals surface area contributed by atoms with E-state index in [-0.39, 0.29) is 23.8 Å². The van der Waals surface area contributed by atoms with E-state index in [0.29, 0.717) is 12.5 Å². The molecule has 0 spiro atoms. The number of hydrogen-bond acceptors (Lipinski definition) is 6. The van der Waals surface area contributed by atoms with Gasteiger partial charge >= 0.3 is 12.0 Å². The lowest BCUT2D eigenvalue weighted by atomic mass is 10.4. The summed E-state index contributed by atoms with van der Waals surface area (Å²) in [5.41, 5.74) is 0. The fourth-order valence-electron chi connectivity index (χ4n) is 1.55. The van der Waals surface area contributed by atoms with Crippen LogP contribution in [0.15, 0.2) is 0 Å². The monoisotopic (exact) mass is 272 g/mol. The van der Waals surface area contributed by atoms with Crippen LogP contribution in [-0.2, 0) is 4.79 Å². The number of carboxylic acid groups (broad SMARTS) is 1. The number of rotatable bonds is 6. The molecule has 0 unspecified atom stereocenters. The summed E-state index contributed by atoms with van der Waals surface area (Å²) in [6, 6.07) is 0.0798. The van der Waals surface area contributed by atoms with E-state index in [2.05, 4.69) is 15.0 Å². The Kier molecular flexibility index (Phi) is 3.81. The van der Waals surface area contributed by atoms with Gasteiger partial charge in [-0.25, -0.2) is 0 Å². The summed E-state index contributed by atoms with van der Waals surface area (Å²) in [5.74, 6) is -0.196. The lowest BCUT2D eigenvalue weighted by Gasteiger charge is -2.20. The van der Waals surface area contributed by atoms with Crippen molar-refractivity contribution >= 4 is 23.5 Å². The van der Waals surface area contributed by atoms with E-state index in [1.165, 1.54) is 7.11 Å². The minimum absolute atomic E-state index is 0.0111. The average Bonchev–Trinajstić information content (AvgIpc) is 3.10. The highest BCUT2D eigenvalue weighted by atomic mass is 35.5. The smallest absolute Gasteiger partial charge is 0.323 e. The third-order valence-corrected chi connectivity index (χ3v) is 2.71. The molecule has 1 saturated carbocycles. The van der Waals surface area contributed by atoms with E-state index < -0.39 is 5.97 Å². The summed E-state index contributed by atoms with van der Waals surface area (Å²) in [5, 5.41) is 8.89. The van der Waals surface area contributed by atoms with E-state index >= 15 is 0 Å². The Morgan fingerprint density at radius 2 is 2.22 bits per heavy atom. The SMILES string of the molecule is COc1nc(Cl)nc(N(CC(=O)O)CC2CC2)n1. The van der Waals surface area contributed by atoms with Crippen molar-refractivity contribution in [3.05, 3.63) is 5.28 Å². The highest BCUT2D eigenvalue weighted by Gasteiger charge is 2.27. The molecule has 8 heteroatoms. The van der Waals surface area contributed by atoms with Crippen molar-refractivity contribution in [1.82, 2.24) is 15.0 Å². The number of nitrogens with zero attached hydrogens (tertiary/aromatic N) is 4.